The molecule has 0 radical (unpaired) electrons. The lowest BCUT2D eigenvalue weighted by molar-refractivity contribution is 0.0947. The molecule has 0 unspecified atom stereocenters. The van der Waals surface area contributed by atoms with Gasteiger partial charge in [0.25, 0.3) is 11.5 Å². The van der Waals surface area contributed by atoms with Crippen molar-refractivity contribution in [3.8, 4) is 5.69 Å². The minimum Gasteiger partial charge on any atom is -0.346 e. The Morgan fingerprint density at radius 3 is 2.67 bits per heavy atom. The number of carbonyl (C=O) groups is 1. The molecule has 2 heterocycles. The number of pyridine rings is 1. The predicted octanol–water partition coefficient (Wildman–Crippen LogP) is 2.89. The summed E-state index contributed by atoms with van der Waals surface area (Å²) in [4.78, 5) is 25.6. The standard InChI is InChI=1S/C20H22N4O3/c1-12(2)15-6-5-7-16(10-15)24-9-8-13(3)18(20(24)26)19(25)21-11-17-14(4)22-27-23-17/h5-10,12H,11H2,1-4H3,(H,21,25). The van der Waals surface area contributed by atoms with Crippen molar-refractivity contribution in [2.75, 3.05) is 0 Å². The minimum atomic E-state index is -0.450. The number of amides is 1. The lowest BCUT2D eigenvalue weighted by Crippen LogP contribution is -2.33. The van der Waals surface area contributed by atoms with E-state index in [0.717, 1.165) is 11.3 Å². The van der Waals surface area contributed by atoms with Crippen LogP contribution in [0.25, 0.3) is 5.69 Å². The van der Waals surface area contributed by atoms with E-state index in [-0.39, 0.29) is 17.7 Å². The van der Waals surface area contributed by atoms with Crippen LogP contribution < -0.4 is 10.9 Å². The maximum atomic E-state index is 13.0. The summed E-state index contributed by atoms with van der Waals surface area (Å²) in [6.07, 6.45) is 1.69. The first-order chi connectivity index (χ1) is 12.9. The Balaban J connectivity index is 1.94. The van der Waals surface area contributed by atoms with Crippen molar-refractivity contribution in [3.63, 3.8) is 0 Å². The molecule has 0 aliphatic rings. The predicted molar refractivity (Wildman–Crippen MR) is 101 cm³/mol. The van der Waals surface area contributed by atoms with E-state index in [2.05, 4.69) is 34.1 Å². The molecule has 0 atom stereocenters. The molecule has 2 aromatic heterocycles. The Hall–Kier alpha value is -3.22. The molecule has 3 rings (SSSR count). The zero-order valence-corrected chi connectivity index (χ0v) is 15.8. The van der Waals surface area contributed by atoms with Gasteiger partial charge in [0, 0.05) is 11.9 Å². The third-order valence-electron chi connectivity index (χ3n) is 4.51. The first kappa shape index (κ1) is 18.6. The zero-order valence-electron chi connectivity index (χ0n) is 15.8. The Morgan fingerprint density at radius 2 is 2.00 bits per heavy atom. The van der Waals surface area contributed by atoms with Crippen LogP contribution in [0.15, 0.2) is 46.0 Å². The quantitative estimate of drug-likeness (QED) is 0.750. The topological polar surface area (TPSA) is 90.0 Å². The number of hydrogen-bond donors (Lipinski definition) is 1. The highest BCUT2D eigenvalue weighted by molar-refractivity contribution is 5.95. The summed E-state index contributed by atoms with van der Waals surface area (Å²) < 4.78 is 6.12. The van der Waals surface area contributed by atoms with Crippen LogP contribution in [0.5, 0.6) is 0 Å². The summed E-state index contributed by atoms with van der Waals surface area (Å²) in [7, 11) is 0. The highest BCUT2D eigenvalue weighted by Crippen LogP contribution is 2.17. The van der Waals surface area contributed by atoms with Crippen LogP contribution in [0.1, 0.15) is 52.6 Å². The van der Waals surface area contributed by atoms with Crippen molar-refractivity contribution in [2.24, 2.45) is 0 Å². The lowest BCUT2D eigenvalue weighted by atomic mass is 10.0. The Kier molecular flexibility index (Phi) is 5.21. The molecule has 0 aliphatic heterocycles. The molecule has 0 saturated heterocycles. The highest BCUT2D eigenvalue weighted by Gasteiger charge is 2.17. The van der Waals surface area contributed by atoms with Crippen molar-refractivity contribution >= 4 is 5.91 Å². The molecule has 27 heavy (non-hydrogen) atoms. The van der Waals surface area contributed by atoms with Crippen LogP contribution >= 0.6 is 0 Å². The van der Waals surface area contributed by atoms with Crippen molar-refractivity contribution in [3.05, 3.63) is 75.0 Å². The molecule has 0 fully saturated rings. The first-order valence-corrected chi connectivity index (χ1v) is 8.77. The van der Waals surface area contributed by atoms with Gasteiger partial charge in [-0.1, -0.05) is 36.3 Å². The molecule has 7 heteroatoms. The van der Waals surface area contributed by atoms with E-state index in [0.29, 0.717) is 22.9 Å². The molecule has 0 saturated carbocycles. The number of hydrogen-bond acceptors (Lipinski definition) is 5. The summed E-state index contributed by atoms with van der Waals surface area (Å²) in [6, 6.07) is 9.52. The van der Waals surface area contributed by atoms with E-state index in [4.69, 9.17) is 0 Å². The monoisotopic (exact) mass is 366 g/mol. The van der Waals surface area contributed by atoms with Gasteiger partial charge in [0.15, 0.2) is 0 Å². The van der Waals surface area contributed by atoms with Gasteiger partial charge in [0.1, 0.15) is 17.0 Å². The van der Waals surface area contributed by atoms with E-state index in [9.17, 15) is 9.59 Å². The largest absolute Gasteiger partial charge is 0.346 e. The maximum Gasteiger partial charge on any atom is 0.268 e. The minimum absolute atomic E-state index is 0.113. The van der Waals surface area contributed by atoms with Crippen LogP contribution in [0.4, 0.5) is 0 Å². The molecule has 1 amide bonds. The molecule has 1 N–H and O–H groups in total. The van der Waals surface area contributed by atoms with Gasteiger partial charge < -0.3 is 5.32 Å². The van der Waals surface area contributed by atoms with Gasteiger partial charge in [-0.2, -0.15) is 0 Å². The summed E-state index contributed by atoms with van der Waals surface area (Å²) in [5.41, 5.74) is 3.36. The van der Waals surface area contributed by atoms with Gasteiger partial charge in [-0.05, 0) is 49.1 Å². The number of nitrogens with zero attached hydrogens (tertiary/aromatic N) is 3. The summed E-state index contributed by atoms with van der Waals surface area (Å²) >= 11 is 0. The van der Waals surface area contributed by atoms with Gasteiger partial charge in [0.2, 0.25) is 0 Å². The second-order valence-corrected chi connectivity index (χ2v) is 6.78. The summed E-state index contributed by atoms with van der Waals surface area (Å²) in [5, 5.41) is 10.1. The van der Waals surface area contributed by atoms with Crippen molar-refractivity contribution in [2.45, 2.75) is 40.2 Å². The fourth-order valence-corrected chi connectivity index (χ4v) is 2.80. The highest BCUT2D eigenvalue weighted by atomic mass is 16.6. The fraction of sp³-hybridized carbons (Fsp3) is 0.300. The first-order valence-electron chi connectivity index (χ1n) is 8.77. The van der Waals surface area contributed by atoms with E-state index >= 15 is 0 Å². The number of rotatable bonds is 5. The van der Waals surface area contributed by atoms with Gasteiger partial charge >= 0.3 is 0 Å². The van der Waals surface area contributed by atoms with Crippen molar-refractivity contribution in [1.29, 1.82) is 0 Å². The Morgan fingerprint density at radius 1 is 1.22 bits per heavy atom. The summed E-state index contributed by atoms with van der Waals surface area (Å²) in [6.45, 7) is 7.81. The van der Waals surface area contributed by atoms with Crippen LogP contribution in [-0.2, 0) is 6.54 Å². The van der Waals surface area contributed by atoms with Crippen LogP contribution in [0.2, 0.25) is 0 Å². The average Bonchev–Trinajstić information content (AvgIpc) is 3.05. The van der Waals surface area contributed by atoms with E-state index in [1.54, 1.807) is 26.1 Å². The number of benzene rings is 1. The molecule has 0 aliphatic carbocycles. The van der Waals surface area contributed by atoms with E-state index in [1.165, 1.54) is 4.57 Å². The third kappa shape index (κ3) is 3.81. The van der Waals surface area contributed by atoms with Gasteiger partial charge in [-0.3, -0.25) is 14.2 Å². The van der Waals surface area contributed by atoms with Crippen LogP contribution in [-0.4, -0.2) is 20.8 Å². The smallest absolute Gasteiger partial charge is 0.268 e. The van der Waals surface area contributed by atoms with E-state index in [1.807, 2.05) is 24.3 Å². The van der Waals surface area contributed by atoms with Crippen LogP contribution in [0, 0.1) is 13.8 Å². The normalized spacial score (nSPS) is 11.0. The summed E-state index contributed by atoms with van der Waals surface area (Å²) in [5.74, 6) is -0.109. The van der Waals surface area contributed by atoms with E-state index < -0.39 is 5.91 Å². The number of nitrogens with one attached hydrogen (secondary N) is 1. The molecule has 140 valence electrons. The second-order valence-electron chi connectivity index (χ2n) is 6.78. The number of carbonyl (C=O) groups excluding carboxylic acids is 1. The fourth-order valence-electron chi connectivity index (χ4n) is 2.80. The number of aromatic nitrogens is 3. The van der Waals surface area contributed by atoms with Gasteiger partial charge in [0.05, 0.1) is 6.54 Å². The zero-order chi connectivity index (χ0) is 19.6. The molecule has 0 spiro atoms. The number of aryl methyl sites for hydroxylation is 2. The Labute approximate surface area is 157 Å². The molecule has 1 aromatic carbocycles. The molecular weight excluding hydrogens is 344 g/mol. The lowest BCUT2D eigenvalue weighted by Gasteiger charge is -2.13. The molecular formula is C20H22N4O3. The molecule has 3 aromatic rings. The van der Waals surface area contributed by atoms with Crippen molar-refractivity contribution < 1.29 is 9.42 Å². The third-order valence-corrected chi connectivity index (χ3v) is 4.51. The van der Waals surface area contributed by atoms with Crippen molar-refractivity contribution in [1.82, 2.24) is 20.2 Å². The van der Waals surface area contributed by atoms with Crippen LogP contribution in [0.3, 0.4) is 0 Å². The maximum absolute atomic E-state index is 13.0. The average molecular weight is 366 g/mol. The van der Waals surface area contributed by atoms with Gasteiger partial charge in [-0.15, -0.1) is 0 Å². The second kappa shape index (κ2) is 7.57. The Bertz CT molecular complexity index is 1030. The molecule has 0 bridgehead atoms. The molecule has 7 nitrogen and oxygen atoms in total. The SMILES string of the molecule is Cc1ccn(-c2cccc(C(C)C)c2)c(=O)c1C(=O)NCc1nonc1C. The van der Waals surface area contributed by atoms with Gasteiger partial charge in [-0.25, -0.2) is 4.63 Å².